The molecule has 1 atom stereocenters. The predicted octanol–water partition coefficient (Wildman–Crippen LogP) is 0.852. The van der Waals surface area contributed by atoms with Crippen LogP contribution in [0.25, 0.3) is 0 Å². The average molecular weight is 262 g/mol. The monoisotopic (exact) mass is 262 g/mol. The molecular weight excluding hydrogens is 236 g/mol. The molecule has 108 valence electrons. The van der Waals surface area contributed by atoms with E-state index < -0.39 is 5.41 Å². The number of hydrogen-bond donors (Lipinski definition) is 3. The van der Waals surface area contributed by atoms with E-state index in [1.807, 2.05) is 13.8 Å². The molecule has 1 unspecified atom stereocenters. The van der Waals surface area contributed by atoms with Crippen molar-refractivity contribution in [3.05, 3.63) is 0 Å². The third-order valence-electron chi connectivity index (χ3n) is 3.35. The van der Waals surface area contributed by atoms with Crippen LogP contribution in [-0.2, 0) is 9.53 Å². The van der Waals surface area contributed by atoms with Gasteiger partial charge in [-0.25, -0.2) is 0 Å². The fourth-order valence-electron chi connectivity index (χ4n) is 1.46. The van der Waals surface area contributed by atoms with Crippen molar-refractivity contribution in [2.24, 2.45) is 5.41 Å². The first-order valence-corrected chi connectivity index (χ1v) is 6.59. The van der Waals surface area contributed by atoms with Crippen LogP contribution in [0.4, 0.5) is 0 Å². The molecule has 18 heavy (non-hydrogen) atoms. The van der Waals surface area contributed by atoms with E-state index in [-0.39, 0.29) is 38.3 Å². The Balaban J connectivity index is 3.88. The summed E-state index contributed by atoms with van der Waals surface area (Å²) in [5.74, 6) is -0.349. The van der Waals surface area contributed by atoms with E-state index in [0.717, 1.165) is 0 Å². The lowest BCUT2D eigenvalue weighted by atomic mass is 9.88. The second kappa shape index (κ2) is 9.30. The zero-order chi connectivity index (χ0) is 14.0. The van der Waals surface area contributed by atoms with Crippen molar-refractivity contribution < 1.29 is 24.9 Å². The van der Waals surface area contributed by atoms with E-state index in [4.69, 9.17) is 4.74 Å². The van der Waals surface area contributed by atoms with Gasteiger partial charge in [0.15, 0.2) is 0 Å². The van der Waals surface area contributed by atoms with Crippen LogP contribution >= 0.6 is 0 Å². The number of hydrogen-bond acceptors (Lipinski definition) is 5. The van der Waals surface area contributed by atoms with Crippen LogP contribution in [0.15, 0.2) is 0 Å². The van der Waals surface area contributed by atoms with Crippen molar-refractivity contribution in [1.82, 2.24) is 0 Å². The van der Waals surface area contributed by atoms with Gasteiger partial charge in [0.05, 0.1) is 24.7 Å². The van der Waals surface area contributed by atoms with Crippen LogP contribution in [0.2, 0.25) is 0 Å². The average Bonchev–Trinajstić information content (AvgIpc) is 2.40. The summed E-state index contributed by atoms with van der Waals surface area (Å²) in [4.78, 5) is 11.4. The van der Waals surface area contributed by atoms with Crippen molar-refractivity contribution in [1.29, 1.82) is 0 Å². The predicted molar refractivity (Wildman–Crippen MR) is 68.0 cm³/mol. The van der Waals surface area contributed by atoms with Gasteiger partial charge >= 0.3 is 5.97 Å². The Hall–Kier alpha value is -0.650. The van der Waals surface area contributed by atoms with Gasteiger partial charge in [-0.1, -0.05) is 13.8 Å². The maximum Gasteiger partial charge on any atom is 0.305 e. The lowest BCUT2D eigenvalue weighted by Gasteiger charge is -2.27. The molecule has 0 spiro atoms. The minimum absolute atomic E-state index is 0.0334. The highest BCUT2D eigenvalue weighted by molar-refractivity contribution is 5.69. The summed E-state index contributed by atoms with van der Waals surface area (Å²) in [7, 11) is 0. The van der Waals surface area contributed by atoms with E-state index >= 15 is 0 Å². The SMILES string of the molecule is CCC(O)CCCC(=O)OCC(CC)(CO)CO. The normalized spacial score (nSPS) is 13.4. The summed E-state index contributed by atoms with van der Waals surface area (Å²) in [5.41, 5.74) is -0.738. The van der Waals surface area contributed by atoms with Crippen molar-refractivity contribution in [2.75, 3.05) is 19.8 Å². The Morgan fingerprint density at radius 3 is 2.33 bits per heavy atom. The largest absolute Gasteiger partial charge is 0.465 e. The van der Waals surface area contributed by atoms with E-state index in [9.17, 15) is 20.1 Å². The quantitative estimate of drug-likeness (QED) is 0.508. The molecule has 3 N–H and O–H groups in total. The van der Waals surface area contributed by atoms with E-state index in [0.29, 0.717) is 25.7 Å². The van der Waals surface area contributed by atoms with Crippen molar-refractivity contribution in [3.8, 4) is 0 Å². The molecule has 0 rings (SSSR count). The molecule has 0 aromatic rings. The molecule has 0 aliphatic carbocycles. The maximum absolute atomic E-state index is 11.4. The van der Waals surface area contributed by atoms with Crippen LogP contribution in [0.5, 0.6) is 0 Å². The molecule has 0 radical (unpaired) electrons. The zero-order valence-corrected chi connectivity index (χ0v) is 11.4. The first-order chi connectivity index (χ1) is 8.53. The summed E-state index contributed by atoms with van der Waals surface area (Å²) >= 11 is 0. The molecule has 0 heterocycles. The minimum Gasteiger partial charge on any atom is -0.465 e. The molecular formula is C13H26O5. The number of aliphatic hydroxyl groups is 3. The maximum atomic E-state index is 11.4. The third kappa shape index (κ3) is 6.33. The topological polar surface area (TPSA) is 87.0 Å². The first-order valence-electron chi connectivity index (χ1n) is 6.59. The Morgan fingerprint density at radius 1 is 1.28 bits per heavy atom. The van der Waals surface area contributed by atoms with Gasteiger partial charge in [0.2, 0.25) is 0 Å². The van der Waals surface area contributed by atoms with Crippen LogP contribution in [0, 0.1) is 5.41 Å². The van der Waals surface area contributed by atoms with E-state index in [1.54, 1.807) is 0 Å². The molecule has 0 aliphatic rings. The first kappa shape index (κ1) is 17.4. The Morgan fingerprint density at radius 2 is 1.89 bits per heavy atom. The summed E-state index contributed by atoms with van der Waals surface area (Å²) < 4.78 is 5.06. The number of aliphatic hydroxyl groups excluding tert-OH is 3. The highest BCUT2D eigenvalue weighted by atomic mass is 16.5. The Bertz CT molecular complexity index is 217. The van der Waals surface area contributed by atoms with E-state index in [1.165, 1.54) is 0 Å². The molecule has 5 nitrogen and oxygen atoms in total. The van der Waals surface area contributed by atoms with Gasteiger partial charge in [0, 0.05) is 6.42 Å². The van der Waals surface area contributed by atoms with Crippen molar-refractivity contribution in [3.63, 3.8) is 0 Å². The molecule has 0 saturated carbocycles. The fourth-order valence-corrected chi connectivity index (χ4v) is 1.46. The molecule has 0 amide bonds. The van der Waals surface area contributed by atoms with Gasteiger partial charge in [0.25, 0.3) is 0 Å². The standard InChI is InChI=1S/C13H26O5/c1-3-11(16)6-5-7-12(17)18-10-13(4-2,8-14)9-15/h11,14-16H,3-10H2,1-2H3. The highest BCUT2D eigenvalue weighted by Crippen LogP contribution is 2.21. The molecule has 0 saturated heterocycles. The second-order valence-electron chi connectivity index (χ2n) is 4.78. The Kier molecular flexibility index (Phi) is 8.97. The smallest absolute Gasteiger partial charge is 0.305 e. The summed E-state index contributed by atoms with van der Waals surface area (Å²) in [6, 6.07) is 0. The molecule has 0 aromatic heterocycles. The highest BCUT2D eigenvalue weighted by Gasteiger charge is 2.28. The number of carbonyl (C=O) groups is 1. The van der Waals surface area contributed by atoms with Gasteiger partial charge in [-0.2, -0.15) is 0 Å². The van der Waals surface area contributed by atoms with Crippen LogP contribution < -0.4 is 0 Å². The number of carbonyl (C=O) groups excluding carboxylic acids is 1. The second-order valence-corrected chi connectivity index (χ2v) is 4.78. The summed E-state index contributed by atoms with van der Waals surface area (Å²) in [6.45, 7) is 3.34. The fraction of sp³-hybridized carbons (Fsp3) is 0.923. The van der Waals surface area contributed by atoms with Gasteiger partial charge in [-0.05, 0) is 25.7 Å². The van der Waals surface area contributed by atoms with Crippen LogP contribution in [0.3, 0.4) is 0 Å². The number of esters is 1. The lowest BCUT2D eigenvalue weighted by molar-refractivity contribution is -0.150. The van der Waals surface area contributed by atoms with Gasteiger partial charge < -0.3 is 20.1 Å². The summed E-state index contributed by atoms with van der Waals surface area (Å²) in [5, 5.41) is 27.7. The van der Waals surface area contributed by atoms with E-state index in [2.05, 4.69) is 0 Å². The lowest BCUT2D eigenvalue weighted by Crippen LogP contribution is -2.35. The molecule has 0 aliphatic heterocycles. The zero-order valence-electron chi connectivity index (χ0n) is 11.4. The van der Waals surface area contributed by atoms with Crippen molar-refractivity contribution in [2.45, 2.75) is 52.1 Å². The molecule has 0 fully saturated rings. The van der Waals surface area contributed by atoms with Gasteiger partial charge in [-0.15, -0.1) is 0 Å². The van der Waals surface area contributed by atoms with Gasteiger partial charge in [-0.3, -0.25) is 4.79 Å². The molecule has 0 aromatic carbocycles. The van der Waals surface area contributed by atoms with Crippen LogP contribution in [0.1, 0.15) is 46.0 Å². The minimum atomic E-state index is -0.738. The molecule has 5 heteroatoms. The molecule has 0 bridgehead atoms. The Labute approximate surface area is 109 Å². The summed E-state index contributed by atoms with van der Waals surface area (Å²) in [6.07, 6.45) is 2.30. The number of ether oxygens (including phenoxy) is 1. The van der Waals surface area contributed by atoms with Gasteiger partial charge in [0.1, 0.15) is 6.61 Å². The van der Waals surface area contributed by atoms with Crippen molar-refractivity contribution >= 4 is 5.97 Å². The van der Waals surface area contributed by atoms with Crippen LogP contribution in [-0.4, -0.2) is 47.2 Å². The number of rotatable bonds is 10. The third-order valence-corrected chi connectivity index (χ3v) is 3.35.